The standard InChI is InChI=1S/C16H17ClN4O3/c1-24-16(23)14(13-11-6-10(20-21-18)7-12(11)13)19-15(22)8-2-4-9(17)5-3-8/h2-5,10-14H,6-7H2,1H3,(H,19,22)/t10?,11-,12+,13?,14?. The average molecular weight is 349 g/mol. The average Bonchev–Trinajstić information content (AvgIpc) is 3.06. The molecule has 3 rings (SSSR count). The monoisotopic (exact) mass is 348 g/mol. The molecule has 24 heavy (non-hydrogen) atoms. The SMILES string of the molecule is COC(=O)C(NC(=O)c1ccc(Cl)cc1)C1[C@H]2CC(N=[N+]=[N-])C[C@@H]12. The maximum Gasteiger partial charge on any atom is 0.328 e. The summed E-state index contributed by atoms with van der Waals surface area (Å²) in [5.41, 5.74) is 8.95. The Morgan fingerprint density at radius 3 is 2.50 bits per heavy atom. The highest BCUT2D eigenvalue weighted by Crippen LogP contribution is 2.59. The normalized spacial score (nSPS) is 28.2. The van der Waals surface area contributed by atoms with E-state index in [2.05, 4.69) is 15.3 Å². The molecule has 0 heterocycles. The van der Waals surface area contributed by atoms with Crippen molar-refractivity contribution in [2.45, 2.75) is 24.9 Å². The van der Waals surface area contributed by atoms with Crippen LogP contribution in [-0.4, -0.2) is 31.1 Å². The molecule has 1 aromatic carbocycles. The molecule has 8 heteroatoms. The maximum atomic E-state index is 12.4. The third kappa shape index (κ3) is 3.18. The van der Waals surface area contributed by atoms with E-state index in [-0.39, 0.29) is 29.7 Å². The number of fused-ring (bicyclic) bond motifs is 1. The quantitative estimate of drug-likeness (QED) is 0.382. The summed E-state index contributed by atoms with van der Waals surface area (Å²) in [5.74, 6) is -0.167. The zero-order valence-corrected chi connectivity index (χ0v) is 13.8. The van der Waals surface area contributed by atoms with E-state index in [4.69, 9.17) is 21.9 Å². The number of azide groups is 1. The fraction of sp³-hybridized carbons (Fsp3) is 0.500. The Morgan fingerprint density at radius 2 is 1.96 bits per heavy atom. The summed E-state index contributed by atoms with van der Waals surface area (Å²) in [5, 5.41) is 7.06. The number of halogens is 1. The summed E-state index contributed by atoms with van der Waals surface area (Å²) < 4.78 is 4.85. The Balaban J connectivity index is 1.68. The molecular formula is C16H17ClN4O3. The highest BCUT2D eigenvalue weighted by molar-refractivity contribution is 6.30. The van der Waals surface area contributed by atoms with Crippen molar-refractivity contribution in [2.24, 2.45) is 22.9 Å². The van der Waals surface area contributed by atoms with Gasteiger partial charge >= 0.3 is 5.97 Å². The van der Waals surface area contributed by atoms with Crippen LogP contribution in [0.25, 0.3) is 10.4 Å². The van der Waals surface area contributed by atoms with Gasteiger partial charge in [0.15, 0.2) is 0 Å². The van der Waals surface area contributed by atoms with Crippen LogP contribution in [0.3, 0.4) is 0 Å². The van der Waals surface area contributed by atoms with Gasteiger partial charge in [-0.05, 0) is 60.4 Å². The molecular weight excluding hydrogens is 332 g/mol. The van der Waals surface area contributed by atoms with E-state index in [1.807, 2.05) is 0 Å². The van der Waals surface area contributed by atoms with E-state index in [1.54, 1.807) is 24.3 Å². The predicted octanol–water partition coefficient (Wildman–Crippen LogP) is 2.95. The molecule has 2 fully saturated rings. The molecule has 1 aromatic rings. The molecule has 126 valence electrons. The van der Waals surface area contributed by atoms with Gasteiger partial charge < -0.3 is 10.1 Å². The summed E-state index contributed by atoms with van der Waals surface area (Å²) in [6.07, 6.45) is 1.51. The Bertz CT molecular complexity index is 690. The van der Waals surface area contributed by atoms with Crippen LogP contribution in [0.1, 0.15) is 23.2 Å². The number of amides is 1. The predicted molar refractivity (Wildman–Crippen MR) is 87.4 cm³/mol. The van der Waals surface area contributed by atoms with Crippen molar-refractivity contribution in [3.05, 3.63) is 45.3 Å². The van der Waals surface area contributed by atoms with Crippen LogP contribution in [0, 0.1) is 17.8 Å². The lowest BCUT2D eigenvalue weighted by atomic mass is 10.0. The molecule has 0 spiro atoms. The van der Waals surface area contributed by atoms with Gasteiger partial charge in [0.1, 0.15) is 6.04 Å². The number of hydrogen-bond donors (Lipinski definition) is 1. The van der Waals surface area contributed by atoms with Crippen LogP contribution < -0.4 is 5.32 Å². The maximum absolute atomic E-state index is 12.4. The van der Waals surface area contributed by atoms with Crippen molar-refractivity contribution in [1.82, 2.24) is 5.32 Å². The van der Waals surface area contributed by atoms with Crippen molar-refractivity contribution in [3.63, 3.8) is 0 Å². The van der Waals surface area contributed by atoms with Crippen molar-refractivity contribution < 1.29 is 14.3 Å². The lowest BCUT2D eigenvalue weighted by Crippen LogP contribution is -2.44. The smallest absolute Gasteiger partial charge is 0.328 e. The molecule has 5 atom stereocenters. The zero-order chi connectivity index (χ0) is 17.3. The number of hydrogen-bond acceptors (Lipinski definition) is 4. The molecule has 0 aliphatic heterocycles. The Morgan fingerprint density at radius 1 is 1.33 bits per heavy atom. The second kappa shape index (κ2) is 6.71. The highest BCUT2D eigenvalue weighted by atomic mass is 35.5. The molecule has 2 aliphatic carbocycles. The summed E-state index contributed by atoms with van der Waals surface area (Å²) in [6.45, 7) is 0. The van der Waals surface area contributed by atoms with Crippen molar-refractivity contribution in [2.75, 3.05) is 7.11 Å². The second-order valence-electron chi connectivity index (χ2n) is 6.22. The van der Waals surface area contributed by atoms with Gasteiger partial charge in [-0.25, -0.2) is 4.79 Å². The highest BCUT2D eigenvalue weighted by Gasteiger charge is 2.60. The Hall–Kier alpha value is -2.24. The van der Waals surface area contributed by atoms with Gasteiger partial charge in [0.25, 0.3) is 5.91 Å². The van der Waals surface area contributed by atoms with Crippen LogP contribution in [0.4, 0.5) is 0 Å². The fourth-order valence-electron chi connectivity index (χ4n) is 3.79. The third-order valence-electron chi connectivity index (χ3n) is 4.93. The molecule has 2 saturated carbocycles. The number of rotatable bonds is 5. The zero-order valence-electron chi connectivity index (χ0n) is 13.1. The molecule has 1 amide bonds. The molecule has 0 aromatic heterocycles. The number of nitrogens with one attached hydrogen (secondary N) is 1. The van der Waals surface area contributed by atoms with Gasteiger partial charge in [-0.1, -0.05) is 16.7 Å². The van der Waals surface area contributed by atoms with Gasteiger partial charge in [0.05, 0.1) is 7.11 Å². The first-order valence-corrected chi connectivity index (χ1v) is 8.11. The number of nitrogens with zero attached hydrogens (tertiary/aromatic N) is 3. The molecule has 3 unspecified atom stereocenters. The Kier molecular flexibility index (Phi) is 4.64. The first-order valence-electron chi connectivity index (χ1n) is 7.73. The van der Waals surface area contributed by atoms with E-state index in [0.717, 1.165) is 12.8 Å². The third-order valence-corrected chi connectivity index (χ3v) is 5.19. The first-order chi connectivity index (χ1) is 11.5. The molecule has 0 bridgehead atoms. The van der Waals surface area contributed by atoms with Crippen LogP contribution in [0.5, 0.6) is 0 Å². The minimum absolute atomic E-state index is 0.00786. The lowest BCUT2D eigenvalue weighted by Gasteiger charge is -2.19. The van der Waals surface area contributed by atoms with Crippen molar-refractivity contribution in [1.29, 1.82) is 0 Å². The van der Waals surface area contributed by atoms with Crippen LogP contribution in [0.15, 0.2) is 29.4 Å². The van der Waals surface area contributed by atoms with E-state index in [1.165, 1.54) is 7.11 Å². The van der Waals surface area contributed by atoms with E-state index in [9.17, 15) is 9.59 Å². The van der Waals surface area contributed by atoms with E-state index < -0.39 is 12.0 Å². The summed E-state index contributed by atoms with van der Waals surface area (Å²) in [6, 6.07) is 5.78. The molecule has 2 aliphatic rings. The number of carbonyl (C=O) groups excluding carboxylic acids is 2. The minimum Gasteiger partial charge on any atom is -0.467 e. The number of benzene rings is 1. The number of esters is 1. The van der Waals surface area contributed by atoms with Gasteiger partial charge in [-0.15, -0.1) is 0 Å². The fourth-order valence-corrected chi connectivity index (χ4v) is 3.92. The largest absolute Gasteiger partial charge is 0.467 e. The van der Waals surface area contributed by atoms with Crippen LogP contribution in [0.2, 0.25) is 5.02 Å². The minimum atomic E-state index is -0.680. The summed E-state index contributed by atoms with van der Waals surface area (Å²) in [7, 11) is 1.31. The first kappa shape index (κ1) is 16.6. The molecule has 0 radical (unpaired) electrons. The Labute approximate surface area is 143 Å². The van der Waals surface area contributed by atoms with Crippen LogP contribution >= 0.6 is 11.6 Å². The lowest BCUT2D eigenvalue weighted by molar-refractivity contribution is -0.143. The van der Waals surface area contributed by atoms with Gasteiger partial charge in [-0.3, -0.25) is 4.79 Å². The van der Waals surface area contributed by atoms with Crippen molar-refractivity contribution in [3.8, 4) is 0 Å². The topological polar surface area (TPSA) is 104 Å². The second-order valence-corrected chi connectivity index (χ2v) is 6.65. The van der Waals surface area contributed by atoms with Gasteiger partial charge in [-0.2, -0.15) is 0 Å². The number of carbonyl (C=O) groups is 2. The summed E-state index contributed by atoms with van der Waals surface area (Å²) in [4.78, 5) is 27.3. The number of methoxy groups -OCH3 is 1. The molecule has 1 N–H and O–H groups in total. The van der Waals surface area contributed by atoms with Gasteiger partial charge in [0, 0.05) is 21.5 Å². The van der Waals surface area contributed by atoms with E-state index >= 15 is 0 Å². The number of ether oxygens (including phenoxy) is 1. The summed E-state index contributed by atoms with van der Waals surface area (Å²) >= 11 is 5.82. The van der Waals surface area contributed by atoms with Gasteiger partial charge in [0.2, 0.25) is 0 Å². The molecule has 7 nitrogen and oxygen atoms in total. The van der Waals surface area contributed by atoms with Crippen molar-refractivity contribution >= 4 is 23.5 Å². The van der Waals surface area contributed by atoms with Crippen LogP contribution in [-0.2, 0) is 9.53 Å². The van der Waals surface area contributed by atoms with E-state index in [0.29, 0.717) is 10.6 Å². The molecule has 0 saturated heterocycles.